The van der Waals surface area contributed by atoms with Crippen LogP contribution in [0.4, 0.5) is 5.82 Å². The molecule has 0 saturated carbocycles. The second kappa shape index (κ2) is 6.04. The predicted molar refractivity (Wildman–Crippen MR) is 90.0 cm³/mol. The molecule has 1 amide bonds. The number of nitrogens with one attached hydrogen (secondary N) is 1. The first-order chi connectivity index (χ1) is 11.0. The van der Waals surface area contributed by atoms with Gasteiger partial charge in [0.05, 0.1) is 11.4 Å². The summed E-state index contributed by atoms with van der Waals surface area (Å²) in [5, 5.41) is 7.27. The number of rotatable bonds is 3. The third-order valence-corrected chi connectivity index (χ3v) is 3.63. The van der Waals surface area contributed by atoms with E-state index in [0.29, 0.717) is 11.4 Å². The number of hydrogen-bond donors (Lipinski definition) is 1. The molecule has 3 rings (SSSR count). The van der Waals surface area contributed by atoms with Crippen LogP contribution in [0.1, 0.15) is 27.3 Å². The van der Waals surface area contributed by atoms with Gasteiger partial charge >= 0.3 is 0 Å². The Kier molecular flexibility index (Phi) is 3.93. The SMILES string of the molecule is Cc1cc(C)n(-c2ccc(C(=O)Nc3ncccc3C)cc2)n1. The molecule has 1 N–H and O–H groups in total. The lowest BCUT2D eigenvalue weighted by Gasteiger charge is -2.08. The van der Waals surface area contributed by atoms with Gasteiger partial charge in [-0.15, -0.1) is 0 Å². The smallest absolute Gasteiger partial charge is 0.256 e. The minimum atomic E-state index is -0.174. The summed E-state index contributed by atoms with van der Waals surface area (Å²) in [6, 6.07) is 13.1. The number of aromatic nitrogens is 3. The van der Waals surface area contributed by atoms with Crippen LogP contribution >= 0.6 is 0 Å². The van der Waals surface area contributed by atoms with E-state index < -0.39 is 0 Å². The lowest BCUT2D eigenvalue weighted by atomic mass is 10.2. The zero-order valence-electron chi connectivity index (χ0n) is 13.4. The average Bonchev–Trinajstić information content (AvgIpc) is 2.88. The topological polar surface area (TPSA) is 59.8 Å². The van der Waals surface area contributed by atoms with Gasteiger partial charge in [-0.1, -0.05) is 6.07 Å². The Morgan fingerprint density at radius 3 is 2.43 bits per heavy atom. The number of amides is 1. The van der Waals surface area contributed by atoms with Crippen LogP contribution in [0.3, 0.4) is 0 Å². The molecule has 2 aromatic heterocycles. The highest BCUT2D eigenvalue weighted by Crippen LogP contribution is 2.15. The van der Waals surface area contributed by atoms with Crippen molar-refractivity contribution in [2.45, 2.75) is 20.8 Å². The van der Waals surface area contributed by atoms with Crippen LogP contribution in [0, 0.1) is 20.8 Å². The molecule has 0 radical (unpaired) electrons. The maximum absolute atomic E-state index is 12.3. The number of anilines is 1. The minimum Gasteiger partial charge on any atom is -0.306 e. The first-order valence-corrected chi connectivity index (χ1v) is 7.41. The molecule has 5 nitrogen and oxygen atoms in total. The van der Waals surface area contributed by atoms with Gasteiger partial charge < -0.3 is 5.32 Å². The molecule has 5 heteroatoms. The Bertz CT molecular complexity index is 850. The third kappa shape index (κ3) is 3.13. The van der Waals surface area contributed by atoms with E-state index in [1.54, 1.807) is 18.3 Å². The van der Waals surface area contributed by atoms with Crippen LogP contribution in [-0.4, -0.2) is 20.7 Å². The zero-order valence-corrected chi connectivity index (χ0v) is 13.4. The van der Waals surface area contributed by atoms with Crippen molar-refractivity contribution in [3.63, 3.8) is 0 Å². The number of pyridine rings is 1. The van der Waals surface area contributed by atoms with Gasteiger partial charge in [-0.25, -0.2) is 9.67 Å². The van der Waals surface area contributed by atoms with E-state index in [2.05, 4.69) is 15.4 Å². The van der Waals surface area contributed by atoms with Crippen molar-refractivity contribution in [2.75, 3.05) is 5.32 Å². The molecule has 1 aromatic carbocycles. The molecule has 0 saturated heterocycles. The first-order valence-electron chi connectivity index (χ1n) is 7.41. The molecule has 116 valence electrons. The Morgan fingerprint density at radius 2 is 1.83 bits per heavy atom. The highest BCUT2D eigenvalue weighted by molar-refractivity contribution is 6.04. The Hall–Kier alpha value is -2.95. The van der Waals surface area contributed by atoms with E-state index in [4.69, 9.17) is 0 Å². The highest BCUT2D eigenvalue weighted by Gasteiger charge is 2.09. The lowest BCUT2D eigenvalue weighted by Crippen LogP contribution is -2.14. The summed E-state index contributed by atoms with van der Waals surface area (Å²) in [4.78, 5) is 16.5. The van der Waals surface area contributed by atoms with Crippen molar-refractivity contribution < 1.29 is 4.79 Å². The Balaban J connectivity index is 1.81. The molecule has 0 fully saturated rings. The van der Waals surface area contributed by atoms with E-state index in [1.807, 2.05) is 55.8 Å². The third-order valence-electron chi connectivity index (χ3n) is 3.63. The van der Waals surface area contributed by atoms with Crippen molar-refractivity contribution in [2.24, 2.45) is 0 Å². The summed E-state index contributed by atoms with van der Waals surface area (Å²) in [6.45, 7) is 5.87. The maximum atomic E-state index is 12.3. The van der Waals surface area contributed by atoms with E-state index in [-0.39, 0.29) is 5.91 Å². The molecular weight excluding hydrogens is 288 g/mol. The fourth-order valence-electron chi connectivity index (χ4n) is 2.44. The second-order valence-corrected chi connectivity index (χ2v) is 5.51. The molecule has 23 heavy (non-hydrogen) atoms. The molecule has 0 aliphatic rings. The predicted octanol–water partition coefficient (Wildman–Crippen LogP) is 3.44. The molecule has 0 atom stereocenters. The van der Waals surface area contributed by atoms with Gasteiger partial charge in [0.2, 0.25) is 0 Å². The molecule has 0 aliphatic heterocycles. The second-order valence-electron chi connectivity index (χ2n) is 5.51. The summed E-state index contributed by atoms with van der Waals surface area (Å²) >= 11 is 0. The average molecular weight is 306 g/mol. The molecule has 0 aliphatic carbocycles. The van der Waals surface area contributed by atoms with Gasteiger partial charge in [0.1, 0.15) is 5.82 Å². The molecule has 0 unspecified atom stereocenters. The molecule has 2 heterocycles. The number of hydrogen-bond acceptors (Lipinski definition) is 3. The van der Waals surface area contributed by atoms with Crippen molar-refractivity contribution >= 4 is 11.7 Å². The van der Waals surface area contributed by atoms with E-state index in [0.717, 1.165) is 22.6 Å². The number of aryl methyl sites for hydroxylation is 3. The van der Waals surface area contributed by atoms with Crippen LogP contribution in [0.2, 0.25) is 0 Å². The molecule has 0 spiro atoms. The van der Waals surface area contributed by atoms with Gasteiger partial charge in [-0.3, -0.25) is 4.79 Å². The normalized spacial score (nSPS) is 10.6. The van der Waals surface area contributed by atoms with Crippen LogP contribution in [0.15, 0.2) is 48.7 Å². The van der Waals surface area contributed by atoms with Gasteiger partial charge in [0.25, 0.3) is 5.91 Å². The van der Waals surface area contributed by atoms with Gasteiger partial charge in [0.15, 0.2) is 0 Å². The van der Waals surface area contributed by atoms with Crippen LogP contribution in [0.5, 0.6) is 0 Å². The number of benzene rings is 1. The molecular formula is C18H18N4O. The van der Waals surface area contributed by atoms with Crippen molar-refractivity contribution in [3.8, 4) is 5.69 Å². The van der Waals surface area contributed by atoms with Crippen molar-refractivity contribution in [3.05, 3.63) is 71.2 Å². The fraction of sp³-hybridized carbons (Fsp3) is 0.167. The standard InChI is InChI=1S/C18H18N4O/c1-12-5-4-10-19-17(12)20-18(23)15-6-8-16(9-7-15)22-14(3)11-13(2)21-22/h4-11H,1-3H3,(H,19,20,23). The van der Waals surface area contributed by atoms with Crippen LogP contribution < -0.4 is 5.32 Å². The highest BCUT2D eigenvalue weighted by atomic mass is 16.1. The van der Waals surface area contributed by atoms with E-state index >= 15 is 0 Å². The Morgan fingerprint density at radius 1 is 1.09 bits per heavy atom. The van der Waals surface area contributed by atoms with Gasteiger partial charge in [-0.05, 0) is 62.7 Å². The first kappa shape index (κ1) is 15.0. The fourth-order valence-corrected chi connectivity index (χ4v) is 2.44. The largest absolute Gasteiger partial charge is 0.306 e. The molecule has 3 aromatic rings. The zero-order chi connectivity index (χ0) is 16.4. The van der Waals surface area contributed by atoms with Gasteiger partial charge in [-0.2, -0.15) is 5.10 Å². The Labute approximate surface area is 135 Å². The lowest BCUT2D eigenvalue weighted by molar-refractivity contribution is 0.102. The van der Waals surface area contributed by atoms with Crippen LogP contribution in [0.25, 0.3) is 5.69 Å². The van der Waals surface area contributed by atoms with Crippen LogP contribution in [-0.2, 0) is 0 Å². The number of carbonyl (C=O) groups excluding carboxylic acids is 1. The maximum Gasteiger partial charge on any atom is 0.256 e. The minimum absolute atomic E-state index is 0.174. The summed E-state index contributed by atoms with van der Waals surface area (Å²) in [5.41, 5.74) is 4.47. The number of carbonyl (C=O) groups is 1. The monoisotopic (exact) mass is 306 g/mol. The van der Waals surface area contributed by atoms with Crippen molar-refractivity contribution in [1.29, 1.82) is 0 Å². The van der Waals surface area contributed by atoms with Crippen molar-refractivity contribution in [1.82, 2.24) is 14.8 Å². The van der Waals surface area contributed by atoms with E-state index in [1.165, 1.54) is 0 Å². The summed E-state index contributed by atoms with van der Waals surface area (Å²) < 4.78 is 1.86. The van der Waals surface area contributed by atoms with E-state index in [9.17, 15) is 4.79 Å². The van der Waals surface area contributed by atoms with Gasteiger partial charge in [0, 0.05) is 17.5 Å². The summed E-state index contributed by atoms with van der Waals surface area (Å²) in [5.74, 6) is 0.409. The molecule has 0 bridgehead atoms. The summed E-state index contributed by atoms with van der Waals surface area (Å²) in [6.07, 6.45) is 1.66. The summed E-state index contributed by atoms with van der Waals surface area (Å²) in [7, 11) is 0. The number of nitrogens with zero attached hydrogens (tertiary/aromatic N) is 3. The quantitative estimate of drug-likeness (QED) is 0.806.